The molecule has 8 heteroatoms. The summed E-state index contributed by atoms with van der Waals surface area (Å²) in [7, 11) is 1.23. The third-order valence-corrected chi connectivity index (χ3v) is 3.05. The predicted molar refractivity (Wildman–Crippen MR) is 84.6 cm³/mol. The Morgan fingerprint density at radius 2 is 1.91 bits per heavy atom. The number of aromatic nitrogens is 3. The lowest BCUT2D eigenvalue weighted by Gasteiger charge is -2.28. The Morgan fingerprint density at radius 3 is 2.52 bits per heavy atom. The number of hydrogen-bond acceptors (Lipinski definition) is 6. The maximum atomic E-state index is 12.4. The van der Waals surface area contributed by atoms with Gasteiger partial charge >= 0.3 is 12.1 Å². The lowest BCUT2D eigenvalue weighted by Crippen LogP contribution is -2.52. The van der Waals surface area contributed by atoms with Crippen molar-refractivity contribution in [2.24, 2.45) is 5.41 Å². The molecule has 0 fully saturated rings. The van der Waals surface area contributed by atoms with Crippen LogP contribution in [0.4, 0.5) is 4.79 Å². The molecule has 2 aromatic rings. The highest BCUT2D eigenvalue weighted by Crippen LogP contribution is 2.20. The van der Waals surface area contributed by atoms with Crippen LogP contribution in [0.5, 0.6) is 0 Å². The van der Waals surface area contributed by atoms with Crippen molar-refractivity contribution in [2.45, 2.75) is 34.2 Å². The average molecular weight is 322 g/mol. The SMILES string of the molecule is C.COC(=O)N[C@H](C(=O)On1nnc2ccccc21)C(C)(C)C. The van der Waals surface area contributed by atoms with Crippen LogP contribution in [0.3, 0.4) is 0 Å². The number of methoxy groups -OCH3 is 1. The normalized spacial score (nSPS) is 12.2. The van der Waals surface area contributed by atoms with Crippen molar-refractivity contribution in [2.75, 3.05) is 7.11 Å². The van der Waals surface area contributed by atoms with Crippen LogP contribution < -0.4 is 10.2 Å². The quantitative estimate of drug-likeness (QED) is 0.866. The molecule has 0 radical (unpaired) electrons. The zero-order valence-electron chi connectivity index (χ0n) is 12.9. The summed E-state index contributed by atoms with van der Waals surface area (Å²) in [5, 5.41) is 10.1. The number of carbonyl (C=O) groups is 2. The topological polar surface area (TPSA) is 95.3 Å². The van der Waals surface area contributed by atoms with Crippen LogP contribution >= 0.6 is 0 Å². The van der Waals surface area contributed by atoms with Gasteiger partial charge in [-0.25, -0.2) is 9.59 Å². The number of ether oxygens (including phenoxy) is 1. The molecule has 0 spiro atoms. The molecule has 2 rings (SSSR count). The highest BCUT2D eigenvalue weighted by Gasteiger charge is 2.35. The second-order valence-electron chi connectivity index (χ2n) is 5.80. The van der Waals surface area contributed by atoms with Crippen molar-refractivity contribution in [3.8, 4) is 0 Å². The standard InChI is InChI=1S/C14H18N4O4.CH4/c1-14(2,3)11(15-13(20)21-4)12(19)22-18-10-8-6-5-7-9(10)16-17-18;/h5-8,11H,1-4H3,(H,15,20);1H4/t11-;/m1./s1. The number of rotatable bonds is 3. The average Bonchev–Trinajstić information content (AvgIpc) is 2.86. The molecule has 126 valence electrons. The molecule has 0 aliphatic rings. The summed E-state index contributed by atoms with van der Waals surface area (Å²) >= 11 is 0. The van der Waals surface area contributed by atoms with E-state index >= 15 is 0 Å². The van der Waals surface area contributed by atoms with Crippen LogP contribution in [0.2, 0.25) is 0 Å². The lowest BCUT2D eigenvalue weighted by molar-refractivity contribution is -0.150. The van der Waals surface area contributed by atoms with Gasteiger partial charge in [-0.05, 0) is 22.8 Å². The van der Waals surface area contributed by atoms with E-state index in [1.54, 1.807) is 45.0 Å². The zero-order valence-corrected chi connectivity index (χ0v) is 12.9. The number of amides is 1. The Balaban J connectivity index is 0.00000264. The Kier molecular flexibility index (Phi) is 5.67. The van der Waals surface area contributed by atoms with E-state index in [4.69, 9.17) is 4.84 Å². The first kappa shape index (κ1) is 18.4. The van der Waals surface area contributed by atoms with Gasteiger partial charge in [-0.15, -0.1) is 5.10 Å². The van der Waals surface area contributed by atoms with E-state index in [1.165, 1.54) is 7.11 Å². The maximum absolute atomic E-state index is 12.4. The number of nitrogens with one attached hydrogen (secondary N) is 1. The predicted octanol–water partition coefficient (Wildman–Crippen LogP) is 1.79. The van der Waals surface area contributed by atoms with E-state index in [-0.39, 0.29) is 7.43 Å². The summed E-state index contributed by atoms with van der Waals surface area (Å²) in [5.41, 5.74) is 0.590. The minimum Gasteiger partial charge on any atom is -0.453 e. The molecule has 1 N–H and O–H groups in total. The van der Waals surface area contributed by atoms with Gasteiger partial charge in [0.1, 0.15) is 17.1 Å². The molecule has 0 bridgehead atoms. The van der Waals surface area contributed by atoms with E-state index in [0.717, 1.165) is 4.85 Å². The summed E-state index contributed by atoms with van der Waals surface area (Å²) in [5.74, 6) is -0.659. The largest absolute Gasteiger partial charge is 0.453 e. The summed E-state index contributed by atoms with van der Waals surface area (Å²) in [6.07, 6.45) is -0.708. The number of benzene rings is 1. The highest BCUT2D eigenvalue weighted by molar-refractivity contribution is 5.83. The summed E-state index contributed by atoms with van der Waals surface area (Å²) in [4.78, 5) is 30.1. The molecule has 8 nitrogen and oxygen atoms in total. The molecule has 1 aromatic carbocycles. The van der Waals surface area contributed by atoms with Crippen LogP contribution in [0.25, 0.3) is 11.0 Å². The Hall–Kier alpha value is -2.64. The first-order chi connectivity index (χ1) is 10.3. The molecular formula is C15H22N4O4. The fourth-order valence-electron chi connectivity index (χ4n) is 1.86. The first-order valence-corrected chi connectivity index (χ1v) is 6.70. The lowest BCUT2D eigenvalue weighted by atomic mass is 9.87. The molecule has 0 saturated carbocycles. The summed E-state index contributed by atoms with van der Waals surface area (Å²) in [6, 6.07) is 6.16. The Bertz CT molecular complexity index is 690. The maximum Gasteiger partial charge on any atom is 0.407 e. The molecule has 0 aliphatic heterocycles. The van der Waals surface area contributed by atoms with Gasteiger partial charge in [-0.1, -0.05) is 45.2 Å². The van der Waals surface area contributed by atoms with Crippen LogP contribution in [0.1, 0.15) is 28.2 Å². The fraction of sp³-hybridized carbons (Fsp3) is 0.467. The molecule has 1 atom stereocenters. The highest BCUT2D eigenvalue weighted by atomic mass is 16.7. The van der Waals surface area contributed by atoms with Crippen LogP contribution in [-0.4, -0.2) is 40.4 Å². The van der Waals surface area contributed by atoms with Crippen LogP contribution in [-0.2, 0) is 9.53 Å². The zero-order chi connectivity index (χ0) is 16.3. The van der Waals surface area contributed by atoms with Gasteiger partial charge in [-0.2, -0.15) is 0 Å². The van der Waals surface area contributed by atoms with E-state index < -0.39 is 23.5 Å². The van der Waals surface area contributed by atoms with Crippen molar-refractivity contribution in [1.82, 2.24) is 20.5 Å². The first-order valence-electron chi connectivity index (χ1n) is 6.70. The van der Waals surface area contributed by atoms with Gasteiger partial charge in [0.15, 0.2) is 0 Å². The summed E-state index contributed by atoms with van der Waals surface area (Å²) in [6.45, 7) is 5.40. The van der Waals surface area contributed by atoms with Gasteiger partial charge in [0.25, 0.3) is 0 Å². The van der Waals surface area contributed by atoms with Gasteiger partial charge in [-0.3, -0.25) is 0 Å². The monoisotopic (exact) mass is 322 g/mol. The number of fused-ring (bicyclic) bond motifs is 1. The van der Waals surface area contributed by atoms with E-state index in [0.29, 0.717) is 11.0 Å². The molecule has 0 unspecified atom stereocenters. The van der Waals surface area contributed by atoms with E-state index in [1.807, 2.05) is 0 Å². The van der Waals surface area contributed by atoms with Crippen molar-refractivity contribution < 1.29 is 19.2 Å². The number of para-hydroxylation sites is 1. The molecule has 1 heterocycles. The van der Waals surface area contributed by atoms with Gasteiger partial charge in [0, 0.05) is 0 Å². The Labute approximate surface area is 134 Å². The van der Waals surface area contributed by atoms with Gasteiger partial charge in [0.2, 0.25) is 0 Å². The number of alkyl carbamates (subject to hydrolysis) is 1. The van der Waals surface area contributed by atoms with Crippen molar-refractivity contribution in [3.63, 3.8) is 0 Å². The smallest absolute Gasteiger partial charge is 0.407 e. The fourth-order valence-corrected chi connectivity index (χ4v) is 1.86. The van der Waals surface area contributed by atoms with Crippen LogP contribution in [0.15, 0.2) is 24.3 Å². The number of hydrogen-bond donors (Lipinski definition) is 1. The second-order valence-corrected chi connectivity index (χ2v) is 5.80. The van der Waals surface area contributed by atoms with Crippen molar-refractivity contribution >= 4 is 23.1 Å². The van der Waals surface area contributed by atoms with Crippen LogP contribution in [0, 0.1) is 5.41 Å². The van der Waals surface area contributed by atoms with E-state index in [2.05, 4.69) is 20.4 Å². The number of carbonyl (C=O) groups excluding carboxylic acids is 2. The molecule has 0 saturated heterocycles. The third-order valence-electron chi connectivity index (χ3n) is 3.05. The summed E-state index contributed by atoms with van der Waals surface area (Å²) < 4.78 is 4.54. The molecule has 1 aromatic heterocycles. The molecule has 0 aliphatic carbocycles. The number of nitrogens with zero attached hydrogens (tertiary/aromatic N) is 3. The third kappa shape index (κ3) is 4.18. The Morgan fingerprint density at radius 1 is 1.26 bits per heavy atom. The van der Waals surface area contributed by atoms with Crippen molar-refractivity contribution in [3.05, 3.63) is 24.3 Å². The van der Waals surface area contributed by atoms with E-state index in [9.17, 15) is 9.59 Å². The van der Waals surface area contributed by atoms with Gasteiger partial charge < -0.3 is 14.9 Å². The molecular weight excluding hydrogens is 300 g/mol. The molecule has 23 heavy (non-hydrogen) atoms. The van der Waals surface area contributed by atoms with Gasteiger partial charge in [0.05, 0.1) is 7.11 Å². The second kappa shape index (κ2) is 7.08. The minimum absolute atomic E-state index is 0. The minimum atomic E-state index is -0.900. The van der Waals surface area contributed by atoms with Crippen molar-refractivity contribution in [1.29, 1.82) is 0 Å². The molecule has 1 amide bonds.